The summed E-state index contributed by atoms with van der Waals surface area (Å²) in [6, 6.07) is 2.19. The van der Waals surface area contributed by atoms with E-state index in [1.54, 1.807) is 7.05 Å². The average Bonchev–Trinajstić information content (AvgIpc) is 3.30. The van der Waals surface area contributed by atoms with Gasteiger partial charge in [-0.05, 0) is 26.2 Å². The third-order valence-corrected chi connectivity index (χ3v) is 4.49. The molecule has 2 N–H and O–H groups in total. The summed E-state index contributed by atoms with van der Waals surface area (Å²) < 4.78 is 16.6. The number of nitrogens with one attached hydrogen (secondary N) is 2. The van der Waals surface area contributed by atoms with Gasteiger partial charge in [0, 0.05) is 31.7 Å². The first-order chi connectivity index (χ1) is 12.2. The third kappa shape index (κ3) is 6.32. The van der Waals surface area contributed by atoms with Crippen LogP contribution in [-0.4, -0.2) is 50.1 Å². The maximum atomic E-state index is 5.83. The van der Waals surface area contributed by atoms with E-state index in [9.17, 15) is 0 Å². The van der Waals surface area contributed by atoms with Gasteiger partial charge in [-0.25, -0.2) is 0 Å². The second kappa shape index (κ2) is 10.4. The molecule has 2 heterocycles. The van der Waals surface area contributed by atoms with E-state index >= 15 is 0 Å². The van der Waals surface area contributed by atoms with Crippen LogP contribution in [0.1, 0.15) is 57.4 Å². The molecule has 2 unspecified atom stereocenters. The van der Waals surface area contributed by atoms with Gasteiger partial charge in [-0.2, -0.15) is 0 Å². The molecule has 0 amide bonds. The molecule has 0 spiro atoms. The zero-order valence-electron chi connectivity index (χ0n) is 15.9. The summed E-state index contributed by atoms with van der Waals surface area (Å²) >= 11 is 0. The molecular formula is C18H32N4O3. The molecule has 0 saturated carbocycles. The van der Waals surface area contributed by atoms with Crippen molar-refractivity contribution in [2.24, 2.45) is 4.99 Å². The normalized spacial score (nSPS) is 19.4. The van der Waals surface area contributed by atoms with E-state index in [-0.39, 0.29) is 12.1 Å². The summed E-state index contributed by atoms with van der Waals surface area (Å²) in [7, 11) is 1.75. The predicted octanol–water partition coefficient (Wildman–Crippen LogP) is 2.44. The Morgan fingerprint density at radius 2 is 2.24 bits per heavy atom. The molecule has 0 bridgehead atoms. The highest BCUT2D eigenvalue weighted by Crippen LogP contribution is 2.22. The zero-order valence-corrected chi connectivity index (χ0v) is 15.9. The molecule has 1 aromatic heterocycles. The maximum absolute atomic E-state index is 5.83. The highest BCUT2D eigenvalue weighted by molar-refractivity contribution is 5.79. The molecule has 0 aliphatic carbocycles. The minimum Gasteiger partial charge on any atom is -0.379 e. The number of hydrogen-bond acceptors (Lipinski definition) is 5. The minimum atomic E-state index is 0.154. The van der Waals surface area contributed by atoms with Crippen LogP contribution < -0.4 is 10.6 Å². The van der Waals surface area contributed by atoms with Crippen molar-refractivity contribution in [3.05, 3.63) is 17.5 Å². The first kappa shape index (κ1) is 19.7. The fourth-order valence-electron chi connectivity index (χ4n) is 2.88. The second-order valence-corrected chi connectivity index (χ2v) is 6.52. The number of aromatic nitrogens is 1. The molecule has 7 nitrogen and oxygen atoms in total. The van der Waals surface area contributed by atoms with Crippen LogP contribution in [0.5, 0.6) is 0 Å². The largest absolute Gasteiger partial charge is 0.379 e. The fourth-order valence-corrected chi connectivity index (χ4v) is 2.88. The maximum Gasteiger partial charge on any atom is 0.191 e. The van der Waals surface area contributed by atoms with Gasteiger partial charge < -0.3 is 24.6 Å². The van der Waals surface area contributed by atoms with Crippen LogP contribution in [0.4, 0.5) is 0 Å². The Morgan fingerprint density at radius 3 is 2.88 bits per heavy atom. The Bertz CT molecular complexity index is 522. The van der Waals surface area contributed by atoms with Crippen molar-refractivity contribution in [2.45, 2.75) is 64.6 Å². The van der Waals surface area contributed by atoms with Crippen molar-refractivity contribution in [1.82, 2.24) is 15.8 Å². The van der Waals surface area contributed by atoms with E-state index in [4.69, 9.17) is 14.0 Å². The highest BCUT2D eigenvalue weighted by atomic mass is 16.5. The van der Waals surface area contributed by atoms with Gasteiger partial charge in [0.1, 0.15) is 0 Å². The first-order valence-electron chi connectivity index (χ1n) is 9.28. The van der Waals surface area contributed by atoms with E-state index in [0.717, 1.165) is 43.3 Å². The number of rotatable bonds is 9. The molecule has 0 radical (unpaired) electrons. The van der Waals surface area contributed by atoms with Crippen molar-refractivity contribution in [1.29, 1.82) is 0 Å². The number of ether oxygens (including phenoxy) is 2. The quantitative estimate of drug-likeness (QED) is 0.525. The lowest BCUT2D eigenvalue weighted by atomic mass is 9.99. The van der Waals surface area contributed by atoms with E-state index in [1.165, 1.54) is 0 Å². The monoisotopic (exact) mass is 352 g/mol. The molecule has 1 aliphatic rings. The summed E-state index contributed by atoms with van der Waals surface area (Å²) in [5, 5.41) is 10.8. The van der Waals surface area contributed by atoms with Crippen molar-refractivity contribution in [3.63, 3.8) is 0 Å². The number of hydrogen-bond donors (Lipinski definition) is 2. The van der Waals surface area contributed by atoms with E-state index in [2.05, 4.69) is 41.6 Å². The lowest BCUT2D eigenvalue weighted by Crippen LogP contribution is -2.44. The zero-order chi connectivity index (χ0) is 18.1. The van der Waals surface area contributed by atoms with Crippen LogP contribution in [0.15, 0.2) is 15.6 Å². The topological polar surface area (TPSA) is 80.9 Å². The molecule has 2 rings (SSSR count). The first-order valence-corrected chi connectivity index (χ1v) is 9.28. The van der Waals surface area contributed by atoms with Crippen LogP contribution in [0.3, 0.4) is 0 Å². The smallest absolute Gasteiger partial charge is 0.191 e. The Morgan fingerprint density at radius 1 is 1.44 bits per heavy atom. The van der Waals surface area contributed by atoms with Crippen molar-refractivity contribution in [3.8, 4) is 0 Å². The van der Waals surface area contributed by atoms with Gasteiger partial charge >= 0.3 is 0 Å². The van der Waals surface area contributed by atoms with Crippen LogP contribution in [0, 0.1) is 0 Å². The van der Waals surface area contributed by atoms with Crippen molar-refractivity contribution in [2.75, 3.05) is 26.9 Å². The van der Waals surface area contributed by atoms with Crippen LogP contribution in [0.25, 0.3) is 0 Å². The number of aliphatic imine (C=N–C) groups is 1. The lowest BCUT2D eigenvalue weighted by molar-refractivity contribution is 0.0347. The van der Waals surface area contributed by atoms with Crippen LogP contribution in [-0.2, 0) is 16.0 Å². The van der Waals surface area contributed by atoms with Crippen LogP contribution in [0.2, 0.25) is 0 Å². The minimum absolute atomic E-state index is 0.154. The molecule has 142 valence electrons. The van der Waals surface area contributed by atoms with E-state index < -0.39 is 0 Å². The van der Waals surface area contributed by atoms with Gasteiger partial charge in [-0.1, -0.05) is 19.0 Å². The Balaban J connectivity index is 1.74. The van der Waals surface area contributed by atoms with E-state index in [1.807, 2.05) is 6.07 Å². The molecule has 7 heteroatoms. The highest BCUT2D eigenvalue weighted by Gasteiger charge is 2.17. The lowest BCUT2D eigenvalue weighted by Gasteiger charge is -2.19. The molecule has 2 atom stereocenters. The summed E-state index contributed by atoms with van der Waals surface area (Å²) in [4.78, 5) is 4.25. The molecule has 0 aromatic carbocycles. The van der Waals surface area contributed by atoms with Gasteiger partial charge in [0.05, 0.1) is 31.6 Å². The molecular weight excluding hydrogens is 320 g/mol. The van der Waals surface area contributed by atoms with Gasteiger partial charge in [0.2, 0.25) is 0 Å². The van der Waals surface area contributed by atoms with Gasteiger partial charge in [0.25, 0.3) is 0 Å². The van der Waals surface area contributed by atoms with Gasteiger partial charge in [-0.3, -0.25) is 4.99 Å². The van der Waals surface area contributed by atoms with Crippen molar-refractivity contribution >= 4 is 5.96 Å². The fraction of sp³-hybridized carbons (Fsp3) is 0.778. The molecule has 25 heavy (non-hydrogen) atoms. The molecule has 1 aliphatic heterocycles. The Kier molecular flexibility index (Phi) is 8.21. The van der Waals surface area contributed by atoms with Gasteiger partial charge in [-0.15, -0.1) is 0 Å². The van der Waals surface area contributed by atoms with Crippen LogP contribution >= 0.6 is 0 Å². The Labute approximate surface area is 150 Å². The summed E-state index contributed by atoms with van der Waals surface area (Å²) in [6.45, 7) is 9.09. The van der Waals surface area contributed by atoms with Gasteiger partial charge in [0.15, 0.2) is 11.7 Å². The number of guanidine groups is 1. The van der Waals surface area contributed by atoms with E-state index in [0.29, 0.717) is 25.7 Å². The third-order valence-electron chi connectivity index (χ3n) is 4.49. The summed E-state index contributed by atoms with van der Waals surface area (Å²) in [5.74, 6) is 2.00. The van der Waals surface area contributed by atoms with Crippen molar-refractivity contribution < 1.29 is 14.0 Å². The summed E-state index contributed by atoms with van der Waals surface area (Å²) in [6.07, 6.45) is 3.34. The second-order valence-electron chi connectivity index (χ2n) is 6.52. The summed E-state index contributed by atoms with van der Waals surface area (Å²) in [5.41, 5.74) is 1.03. The SMILES string of the molecule is CCC(CC)c1cc(CNC(=NC)NC(C)COC2CCOC2)on1. The molecule has 1 fully saturated rings. The average molecular weight is 352 g/mol. The molecule has 1 saturated heterocycles. The predicted molar refractivity (Wildman–Crippen MR) is 97.8 cm³/mol. The standard InChI is InChI=1S/C18H32N4O3/c1-5-14(6-2)17-9-16(25-22-17)10-20-18(19-4)21-13(3)11-24-15-7-8-23-12-15/h9,13-15H,5-8,10-12H2,1-4H3,(H2,19,20,21). The Hall–Kier alpha value is -1.60. The number of nitrogens with zero attached hydrogens (tertiary/aromatic N) is 2. The molecule has 1 aromatic rings.